The summed E-state index contributed by atoms with van der Waals surface area (Å²) in [4.78, 5) is 21.8. The van der Waals surface area contributed by atoms with Gasteiger partial charge in [0.25, 0.3) is 6.47 Å². The second-order valence-electron chi connectivity index (χ2n) is 5.01. The number of carbonyl (C=O) groups is 1. The summed E-state index contributed by atoms with van der Waals surface area (Å²) in [6, 6.07) is 8.17. The van der Waals surface area contributed by atoms with Crippen LogP contribution in [0.5, 0.6) is 0 Å². The molecule has 1 aromatic carbocycles. The van der Waals surface area contributed by atoms with E-state index in [2.05, 4.69) is 15.0 Å². The zero-order valence-corrected chi connectivity index (χ0v) is 13.9. The van der Waals surface area contributed by atoms with E-state index in [0.29, 0.717) is 5.78 Å². The Labute approximate surface area is 146 Å². The standard InChI is InChI=1S/C16H11FN4S.CH2O2/c1-10-9-22-15(19-10)14-13(11-3-5-12(17)6-4-11)20-16-18-7-2-8-21(14)16;2-1-3/h2-9H,1H3;1H,(H,2,3). The molecule has 0 aliphatic rings. The summed E-state index contributed by atoms with van der Waals surface area (Å²) in [7, 11) is 0. The summed E-state index contributed by atoms with van der Waals surface area (Å²) in [5.41, 5.74) is 3.44. The molecule has 3 heterocycles. The van der Waals surface area contributed by atoms with Crippen LogP contribution in [0.1, 0.15) is 5.69 Å². The molecule has 0 saturated heterocycles. The van der Waals surface area contributed by atoms with Crippen molar-refractivity contribution in [3.63, 3.8) is 0 Å². The lowest BCUT2D eigenvalue weighted by Crippen LogP contribution is -1.90. The Morgan fingerprint density at radius 1 is 1.24 bits per heavy atom. The first-order valence-corrected chi connectivity index (χ1v) is 8.11. The number of rotatable bonds is 2. The third-order valence-corrected chi connectivity index (χ3v) is 4.31. The second kappa shape index (κ2) is 7.18. The van der Waals surface area contributed by atoms with E-state index in [1.807, 2.05) is 29.0 Å². The summed E-state index contributed by atoms with van der Waals surface area (Å²) in [5, 5.41) is 9.76. The van der Waals surface area contributed by atoms with Crippen molar-refractivity contribution in [1.29, 1.82) is 0 Å². The van der Waals surface area contributed by atoms with E-state index >= 15 is 0 Å². The van der Waals surface area contributed by atoms with Crippen LogP contribution in [0, 0.1) is 12.7 Å². The summed E-state index contributed by atoms with van der Waals surface area (Å²) >= 11 is 1.56. The number of benzene rings is 1. The fraction of sp³-hybridized carbons (Fsp3) is 0.0588. The van der Waals surface area contributed by atoms with Crippen molar-refractivity contribution in [3.05, 3.63) is 59.6 Å². The van der Waals surface area contributed by atoms with Gasteiger partial charge in [0, 0.05) is 29.0 Å². The number of carboxylic acid groups (broad SMARTS) is 1. The SMILES string of the molecule is Cc1csc(-c2c(-c3ccc(F)cc3)nc3ncccn23)n1.O=CO. The van der Waals surface area contributed by atoms with E-state index in [1.165, 1.54) is 12.1 Å². The van der Waals surface area contributed by atoms with Crippen LogP contribution in [0.25, 0.3) is 27.7 Å². The van der Waals surface area contributed by atoms with Gasteiger partial charge in [0.15, 0.2) is 0 Å². The van der Waals surface area contributed by atoms with Crippen LogP contribution in [0.4, 0.5) is 4.39 Å². The number of hydrogen-bond donors (Lipinski definition) is 1. The Kier molecular flexibility index (Phi) is 4.80. The van der Waals surface area contributed by atoms with Crippen molar-refractivity contribution >= 4 is 23.6 Å². The molecule has 0 bridgehead atoms. The van der Waals surface area contributed by atoms with Gasteiger partial charge >= 0.3 is 0 Å². The minimum atomic E-state index is -0.266. The predicted molar refractivity (Wildman–Crippen MR) is 92.9 cm³/mol. The maximum atomic E-state index is 13.2. The molecule has 0 saturated carbocycles. The van der Waals surface area contributed by atoms with Crippen molar-refractivity contribution in [2.45, 2.75) is 6.92 Å². The Morgan fingerprint density at radius 3 is 2.60 bits per heavy atom. The molecule has 0 aliphatic carbocycles. The van der Waals surface area contributed by atoms with Crippen molar-refractivity contribution in [1.82, 2.24) is 19.4 Å². The molecule has 1 N–H and O–H groups in total. The quantitative estimate of drug-likeness (QED) is 0.554. The fourth-order valence-corrected chi connectivity index (χ4v) is 3.20. The van der Waals surface area contributed by atoms with Crippen molar-refractivity contribution in [2.75, 3.05) is 0 Å². The molecule has 0 radical (unpaired) electrons. The molecule has 0 amide bonds. The molecule has 4 rings (SSSR count). The molecular weight excluding hydrogens is 343 g/mol. The molecule has 126 valence electrons. The molecule has 0 unspecified atom stereocenters. The van der Waals surface area contributed by atoms with Gasteiger partial charge in [-0.25, -0.2) is 19.3 Å². The van der Waals surface area contributed by atoms with E-state index in [9.17, 15) is 4.39 Å². The van der Waals surface area contributed by atoms with Gasteiger partial charge < -0.3 is 5.11 Å². The maximum Gasteiger partial charge on any atom is 0.290 e. The normalized spacial score (nSPS) is 10.3. The number of fused-ring (bicyclic) bond motifs is 1. The van der Waals surface area contributed by atoms with Gasteiger partial charge in [0.1, 0.15) is 22.2 Å². The minimum absolute atomic E-state index is 0.250. The van der Waals surface area contributed by atoms with Gasteiger partial charge in [-0.2, -0.15) is 0 Å². The highest BCUT2D eigenvalue weighted by Crippen LogP contribution is 2.33. The molecule has 25 heavy (non-hydrogen) atoms. The van der Waals surface area contributed by atoms with Crippen LogP contribution >= 0.6 is 11.3 Å². The molecule has 4 aromatic rings. The number of thiazole rings is 1. The first-order chi connectivity index (χ1) is 12.1. The monoisotopic (exact) mass is 356 g/mol. The molecule has 3 aromatic heterocycles. The van der Waals surface area contributed by atoms with Crippen molar-refractivity contribution in [3.8, 4) is 22.0 Å². The number of aryl methyl sites for hydroxylation is 1. The average Bonchev–Trinajstić information content (AvgIpc) is 3.19. The van der Waals surface area contributed by atoms with Gasteiger partial charge in [-0.15, -0.1) is 11.3 Å². The Bertz CT molecular complexity index is 1010. The van der Waals surface area contributed by atoms with E-state index in [0.717, 1.165) is 27.7 Å². The van der Waals surface area contributed by atoms with E-state index in [1.54, 1.807) is 29.7 Å². The molecule has 0 aliphatic heterocycles. The Balaban J connectivity index is 0.000000569. The van der Waals surface area contributed by atoms with Crippen LogP contribution in [0.15, 0.2) is 48.1 Å². The van der Waals surface area contributed by atoms with Gasteiger partial charge in [-0.05, 0) is 37.3 Å². The van der Waals surface area contributed by atoms with Gasteiger partial charge in [-0.3, -0.25) is 9.20 Å². The molecule has 0 fully saturated rings. The lowest BCUT2D eigenvalue weighted by atomic mass is 10.1. The third-order valence-electron chi connectivity index (χ3n) is 3.34. The van der Waals surface area contributed by atoms with E-state index in [-0.39, 0.29) is 12.3 Å². The predicted octanol–water partition coefficient (Wildman–Crippen LogP) is 3.67. The number of imidazole rings is 1. The Morgan fingerprint density at radius 2 is 1.96 bits per heavy atom. The molecule has 6 nitrogen and oxygen atoms in total. The smallest absolute Gasteiger partial charge is 0.290 e. The van der Waals surface area contributed by atoms with Crippen molar-refractivity contribution in [2.24, 2.45) is 0 Å². The largest absolute Gasteiger partial charge is 0.483 e. The zero-order chi connectivity index (χ0) is 17.8. The van der Waals surface area contributed by atoms with E-state index < -0.39 is 0 Å². The van der Waals surface area contributed by atoms with Crippen LogP contribution in [-0.2, 0) is 4.79 Å². The summed E-state index contributed by atoms with van der Waals surface area (Å²) in [6.45, 7) is 1.71. The van der Waals surface area contributed by atoms with E-state index in [4.69, 9.17) is 9.90 Å². The minimum Gasteiger partial charge on any atom is -0.483 e. The second-order valence-corrected chi connectivity index (χ2v) is 5.86. The zero-order valence-electron chi connectivity index (χ0n) is 13.1. The summed E-state index contributed by atoms with van der Waals surface area (Å²) in [5.74, 6) is 0.335. The van der Waals surface area contributed by atoms with Gasteiger partial charge in [0.2, 0.25) is 5.78 Å². The van der Waals surface area contributed by atoms with Gasteiger partial charge in [-0.1, -0.05) is 0 Å². The first-order valence-electron chi connectivity index (χ1n) is 7.23. The third kappa shape index (κ3) is 3.38. The molecule has 8 heteroatoms. The summed E-state index contributed by atoms with van der Waals surface area (Å²) < 4.78 is 15.1. The fourth-order valence-electron chi connectivity index (χ4n) is 2.36. The molecule has 0 atom stereocenters. The number of nitrogens with zero attached hydrogens (tertiary/aromatic N) is 4. The molecular formula is C17H13FN4O2S. The first kappa shape index (κ1) is 16.7. The van der Waals surface area contributed by atoms with Crippen LogP contribution in [0.2, 0.25) is 0 Å². The maximum absolute atomic E-state index is 13.2. The average molecular weight is 356 g/mol. The topological polar surface area (TPSA) is 80.4 Å². The Hall–Kier alpha value is -3.13. The lowest BCUT2D eigenvalue weighted by Gasteiger charge is -2.02. The number of aromatic nitrogens is 4. The lowest BCUT2D eigenvalue weighted by molar-refractivity contribution is -0.122. The summed E-state index contributed by atoms with van der Waals surface area (Å²) in [6.07, 6.45) is 3.61. The number of halogens is 1. The van der Waals surface area contributed by atoms with Crippen LogP contribution in [-0.4, -0.2) is 30.9 Å². The molecule has 0 spiro atoms. The van der Waals surface area contributed by atoms with Crippen molar-refractivity contribution < 1.29 is 14.3 Å². The highest BCUT2D eigenvalue weighted by atomic mass is 32.1. The number of hydrogen-bond acceptors (Lipinski definition) is 5. The van der Waals surface area contributed by atoms with Crippen LogP contribution in [0.3, 0.4) is 0 Å². The van der Waals surface area contributed by atoms with Crippen LogP contribution < -0.4 is 0 Å². The van der Waals surface area contributed by atoms with Gasteiger partial charge in [0.05, 0.1) is 0 Å². The highest BCUT2D eigenvalue weighted by Gasteiger charge is 2.18. The highest BCUT2D eigenvalue weighted by molar-refractivity contribution is 7.13.